The van der Waals surface area contributed by atoms with Gasteiger partial charge in [-0.05, 0) is 72.5 Å². The summed E-state index contributed by atoms with van der Waals surface area (Å²) in [5, 5.41) is 36.4. The van der Waals surface area contributed by atoms with Crippen LogP contribution in [0, 0.1) is 22.7 Å². The molecule has 0 bridgehead atoms. The lowest BCUT2D eigenvalue weighted by molar-refractivity contribution is 1.08. The number of hydrogen-bond donors (Lipinski definition) is 0. The van der Waals surface area contributed by atoms with Gasteiger partial charge in [0, 0.05) is 43.4 Å². The van der Waals surface area contributed by atoms with E-state index in [4.69, 9.17) is 0 Å². The van der Waals surface area contributed by atoms with Crippen LogP contribution in [0.1, 0.15) is 11.1 Å². The van der Waals surface area contributed by atoms with Crippen molar-refractivity contribution < 1.29 is 0 Å². The molecule has 0 spiro atoms. The van der Waals surface area contributed by atoms with Crippen LogP contribution in [0.3, 0.4) is 0 Å². The minimum absolute atomic E-state index is 0.226. The summed E-state index contributed by atoms with van der Waals surface area (Å²) < 4.78 is 6.99. The Balaban J connectivity index is 1.13. The molecule has 13 aromatic rings. The second-order valence-corrected chi connectivity index (χ2v) is 22.6. The second-order valence-electron chi connectivity index (χ2n) is 18.9. The van der Waals surface area contributed by atoms with E-state index >= 15 is 0 Å². The van der Waals surface area contributed by atoms with Gasteiger partial charge in [-0.2, -0.15) is 10.5 Å². The van der Waals surface area contributed by atoms with E-state index in [2.05, 4.69) is 232 Å². The Hall–Kier alpha value is -9.14. The zero-order chi connectivity index (χ0) is 45.3. The molecule has 3 aliphatic rings. The summed E-state index contributed by atoms with van der Waals surface area (Å²) in [6, 6.07) is 80.9. The number of rotatable bonds is 3. The largest absolute Gasteiger partial charge is 0.309 e. The molecular formula is C62H34BN5Si. The summed E-state index contributed by atoms with van der Waals surface area (Å²) in [6.07, 6.45) is 0. The van der Waals surface area contributed by atoms with E-state index in [1.54, 1.807) is 0 Å². The Bertz CT molecular complexity index is 4380. The van der Waals surface area contributed by atoms with Gasteiger partial charge in [0.2, 0.25) is 0 Å². The van der Waals surface area contributed by atoms with E-state index < -0.39 is 8.07 Å². The molecule has 10 aromatic carbocycles. The van der Waals surface area contributed by atoms with Gasteiger partial charge >= 0.3 is 0 Å². The number of aromatic nitrogens is 3. The van der Waals surface area contributed by atoms with Crippen LogP contribution in [-0.4, -0.2) is 28.5 Å². The molecule has 7 heteroatoms. The number of nitrogens with zero attached hydrogens (tertiary/aromatic N) is 5. The molecule has 6 heterocycles. The molecular weight excluding hydrogens is 854 g/mol. The van der Waals surface area contributed by atoms with Gasteiger partial charge in [0.1, 0.15) is 23.3 Å². The maximum Gasteiger partial charge on any atom is 0.252 e. The van der Waals surface area contributed by atoms with E-state index in [1.807, 2.05) is 0 Å². The molecule has 69 heavy (non-hydrogen) atoms. The van der Waals surface area contributed by atoms with Crippen molar-refractivity contribution in [2.24, 2.45) is 0 Å². The van der Waals surface area contributed by atoms with Crippen LogP contribution in [0.25, 0.3) is 93.6 Å². The number of fused-ring (bicyclic) bond motifs is 16. The van der Waals surface area contributed by atoms with Crippen molar-refractivity contribution in [3.8, 4) is 40.3 Å². The van der Waals surface area contributed by atoms with Gasteiger partial charge in [-0.15, -0.1) is 0 Å². The van der Waals surface area contributed by atoms with Crippen molar-refractivity contribution >= 4 is 117 Å². The highest BCUT2D eigenvalue weighted by molar-refractivity contribution is 7.22. The third-order valence-corrected chi connectivity index (χ3v) is 20.8. The van der Waals surface area contributed by atoms with Gasteiger partial charge in [-0.1, -0.05) is 182 Å². The third kappa shape index (κ3) is 4.28. The molecule has 0 N–H and O–H groups in total. The zero-order valence-corrected chi connectivity index (χ0v) is 37.9. The molecule has 5 nitrogen and oxygen atoms in total. The third-order valence-electron chi connectivity index (χ3n) is 16.0. The SMILES string of the molecule is N#Cc1c(-n2c3ccccc3c3cc4c(cc32)-c2ccccc2[Si]4(c2ccccc2)c2ccccc2)c(C#N)c2c3c1-n1c4ccccc4c4cccc(c41)B3c1cccc3c4ccccc4n-2c13. The van der Waals surface area contributed by atoms with Crippen LogP contribution in [0.5, 0.6) is 0 Å². The van der Waals surface area contributed by atoms with Crippen LogP contribution in [0.4, 0.5) is 0 Å². The van der Waals surface area contributed by atoms with Crippen molar-refractivity contribution in [3.05, 3.63) is 217 Å². The lowest BCUT2D eigenvalue weighted by Crippen LogP contribution is -2.72. The fourth-order valence-corrected chi connectivity index (χ4v) is 18.7. The molecule has 0 fully saturated rings. The fourth-order valence-electron chi connectivity index (χ4n) is 13.5. The molecule has 0 atom stereocenters. The first kappa shape index (κ1) is 37.0. The van der Waals surface area contributed by atoms with Crippen molar-refractivity contribution in [2.75, 3.05) is 0 Å². The quantitative estimate of drug-likeness (QED) is 0.166. The predicted octanol–water partition coefficient (Wildman–Crippen LogP) is 9.22. The van der Waals surface area contributed by atoms with Gasteiger partial charge in [-0.3, -0.25) is 0 Å². The van der Waals surface area contributed by atoms with Gasteiger partial charge in [0.25, 0.3) is 6.71 Å². The Kier molecular flexibility index (Phi) is 7.00. The number of hydrogen-bond acceptors (Lipinski definition) is 2. The van der Waals surface area contributed by atoms with Crippen molar-refractivity contribution in [2.45, 2.75) is 0 Å². The first-order chi connectivity index (χ1) is 34.2. The first-order valence-corrected chi connectivity index (χ1v) is 25.6. The molecule has 314 valence electrons. The minimum atomic E-state index is -2.85. The summed E-state index contributed by atoms with van der Waals surface area (Å²) in [4.78, 5) is 0. The van der Waals surface area contributed by atoms with E-state index in [0.29, 0.717) is 16.8 Å². The van der Waals surface area contributed by atoms with Crippen LogP contribution < -0.4 is 37.1 Å². The van der Waals surface area contributed by atoms with Crippen LogP contribution in [0.15, 0.2) is 206 Å². The fraction of sp³-hybridized carbons (Fsp3) is 0. The molecule has 0 saturated carbocycles. The Morgan fingerprint density at radius 1 is 0.362 bits per heavy atom. The van der Waals surface area contributed by atoms with Crippen LogP contribution >= 0.6 is 0 Å². The van der Waals surface area contributed by atoms with E-state index in [0.717, 1.165) is 82.3 Å². The highest BCUT2D eigenvalue weighted by Gasteiger charge is 2.50. The topological polar surface area (TPSA) is 62.4 Å². The number of nitriles is 2. The summed E-state index contributed by atoms with van der Waals surface area (Å²) in [5.41, 5.74) is 15.2. The standard InChI is InChI=1S/C62H34BN5Si/c64-35-47-58(66-51-29-11-9-23-41(51)45-34-56-46(33-54(45)66)42-24-10-14-32-55(42)69(56,37-17-3-1-4-18-37)38-19-5-2-6-20-38)48(36-65)62-57-61(47)67-52-30-12-7-21-39(52)43-25-15-27-49(59(43)67)63(57)50-28-16-26-44-40-22-8-13-31-53(40)68(62)60(44)50/h1-34H. The summed E-state index contributed by atoms with van der Waals surface area (Å²) in [7, 11) is -2.85. The van der Waals surface area contributed by atoms with E-state index in [1.165, 1.54) is 42.8 Å². The predicted molar refractivity (Wildman–Crippen MR) is 286 cm³/mol. The maximum absolute atomic E-state index is 12.1. The van der Waals surface area contributed by atoms with Gasteiger partial charge in [0.15, 0.2) is 8.07 Å². The molecule has 16 rings (SSSR count). The van der Waals surface area contributed by atoms with Crippen molar-refractivity contribution in [3.63, 3.8) is 0 Å². The van der Waals surface area contributed by atoms with Crippen molar-refractivity contribution in [1.82, 2.24) is 13.7 Å². The maximum atomic E-state index is 12.1. The molecule has 0 aliphatic carbocycles. The average Bonchev–Trinajstić information content (AvgIpc) is 4.13. The Labute approximate surface area is 397 Å². The number of para-hydroxylation sites is 5. The van der Waals surface area contributed by atoms with Crippen LogP contribution in [-0.2, 0) is 0 Å². The van der Waals surface area contributed by atoms with Gasteiger partial charge in [0.05, 0.1) is 39.1 Å². The zero-order valence-electron chi connectivity index (χ0n) is 36.9. The normalized spacial score (nSPS) is 13.6. The highest BCUT2D eigenvalue weighted by atomic mass is 28.3. The minimum Gasteiger partial charge on any atom is -0.309 e. The second kappa shape index (κ2) is 13.1. The Morgan fingerprint density at radius 3 is 1.38 bits per heavy atom. The number of benzene rings is 10. The van der Waals surface area contributed by atoms with E-state index in [-0.39, 0.29) is 6.71 Å². The molecule has 3 aliphatic heterocycles. The summed E-state index contributed by atoms with van der Waals surface area (Å²) >= 11 is 0. The summed E-state index contributed by atoms with van der Waals surface area (Å²) in [6.45, 7) is -0.226. The van der Waals surface area contributed by atoms with Gasteiger partial charge in [-0.25, -0.2) is 0 Å². The van der Waals surface area contributed by atoms with E-state index in [9.17, 15) is 10.5 Å². The van der Waals surface area contributed by atoms with Gasteiger partial charge < -0.3 is 13.7 Å². The molecule has 0 unspecified atom stereocenters. The van der Waals surface area contributed by atoms with Crippen LogP contribution in [0.2, 0.25) is 0 Å². The lowest BCUT2D eigenvalue weighted by Gasteiger charge is -2.35. The highest BCUT2D eigenvalue weighted by Crippen LogP contribution is 2.46. The average molecular weight is 888 g/mol. The first-order valence-electron chi connectivity index (χ1n) is 23.6. The lowest BCUT2D eigenvalue weighted by atomic mass is 9.34. The molecule has 0 saturated heterocycles. The molecule has 0 amide bonds. The molecule has 3 aromatic heterocycles. The summed E-state index contributed by atoms with van der Waals surface area (Å²) in [5.74, 6) is 0. The van der Waals surface area contributed by atoms with Crippen molar-refractivity contribution in [1.29, 1.82) is 10.5 Å². The Morgan fingerprint density at radius 2 is 0.826 bits per heavy atom. The monoisotopic (exact) mass is 887 g/mol. The smallest absolute Gasteiger partial charge is 0.252 e. The molecule has 0 radical (unpaired) electrons.